The average Bonchev–Trinajstić information content (AvgIpc) is 3.56. The third-order valence-electron chi connectivity index (χ3n) is 6.98. The van der Waals surface area contributed by atoms with Crippen molar-refractivity contribution in [3.05, 3.63) is 42.1 Å². The molecule has 1 heterocycles. The molecule has 0 spiro atoms. The lowest BCUT2D eigenvalue weighted by molar-refractivity contribution is 0.248. The van der Waals surface area contributed by atoms with Crippen LogP contribution >= 0.6 is 0 Å². The summed E-state index contributed by atoms with van der Waals surface area (Å²) in [6, 6.07) is 2.04. The summed E-state index contributed by atoms with van der Waals surface area (Å²) in [5, 5.41) is 0. The monoisotopic (exact) mass is 395 g/mol. The molecule has 1 atom stereocenters. The predicted octanol–water partition coefficient (Wildman–Crippen LogP) is 6.66. The van der Waals surface area contributed by atoms with Crippen LogP contribution < -0.4 is 0 Å². The molecule has 0 aromatic carbocycles. The van der Waals surface area contributed by atoms with Crippen LogP contribution in [0.3, 0.4) is 0 Å². The zero-order valence-corrected chi connectivity index (χ0v) is 19.0. The zero-order valence-electron chi connectivity index (χ0n) is 19.0. The Bertz CT molecular complexity index is 681. The van der Waals surface area contributed by atoms with Crippen LogP contribution in [-0.2, 0) is 6.42 Å². The summed E-state index contributed by atoms with van der Waals surface area (Å²) in [5.41, 5.74) is 3.56. The van der Waals surface area contributed by atoms with Crippen molar-refractivity contribution in [1.82, 2.24) is 14.9 Å². The summed E-state index contributed by atoms with van der Waals surface area (Å²) in [7, 11) is 4.27. The van der Waals surface area contributed by atoms with Gasteiger partial charge in [0.15, 0.2) is 0 Å². The lowest BCUT2D eigenvalue weighted by atomic mass is 9.79. The molecule has 1 aromatic heterocycles. The predicted molar refractivity (Wildman–Crippen MR) is 123 cm³/mol. The van der Waals surface area contributed by atoms with Gasteiger partial charge in [0, 0.05) is 38.0 Å². The van der Waals surface area contributed by atoms with E-state index in [0.29, 0.717) is 0 Å². The van der Waals surface area contributed by atoms with Crippen molar-refractivity contribution in [3.8, 4) is 0 Å². The highest BCUT2D eigenvalue weighted by Crippen LogP contribution is 2.38. The van der Waals surface area contributed by atoms with E-state index in [9.17, 15) is 0 Å². The van der Waals surface area contributed by atoms with Crippen molar-refractivity contribution in [1.29, 1.82) is 0 Å². The fraction of sp³-hybridized carbons (Fsp3) is 0.692. The van der Waals surface area contributed by atoms with Crippen molar-refractivity contribution >= 4 is 5.57 Å². The Morgan fingerprint density at radius 2 is 1.93 bits per heavy atom. The highest BCUT2D eigenvalue weighted by molar-refractivity contribution is 5.73. The van der Waals surface area contributed by atoms with Crippen LogP contribution in [0.4, 0.5) is 0 Å². The Balaban J connectivity index is 1.56. The van der Waals surface area contributed by atoms with Crippen LogP contribution in [0.5, 0.6) is 0 Å². The Kier molecular flexibility index (Phi) is 8.32. The first kappa shape index (κ1) is 22.1. The molecule has 1 unspecified atom stereocenters. The molecular formula is C26H41N3. The molecule has 0 amide bonds. The molecule has 0 radical (unpaired) electrons. The second-order valence-electron chi connectivity index (χ2n) is 9.59. The van der Waals surface area contributed by atoms with Crippen LogP contribution in [0.2, 0.25) is 0 Å². The molecule has 2 aliphatic carbocycles. The van der Waals surface area contributed by atoms with Crippen LogP contribution in [0, 0.1) is 17.8 Å². The Morgan fingerprint density at radius 1 is 1.17 bits per heavy atom. The number of allylic oxidation sites excluding steroid dienone is 3. The van der Waals surface area contributed by atoms with Gasteiger partial charge < -0.3 is 4.90 Å². The lowest BCUT2D eigenvalue weighted by Gasteiger charge is -2.27. The van der Waals surface area contributed by atoms with Gasteiger partial charge in [0.25, 0.3) is 0 Å². The fourth-order valence-corrected chi connectivity index (χ4v) is 4.86. The average molecular weight is 396 g/mol. The van der Waals surface area contributed by atoms with Gasteiger partial charge in [-0.2, -0.15) is 0 Å². The highest BCUT2D eigenvalue weighted by atomic mass is 15.1. The smallest absolute Gasteiger partial charge is 0.128 e. The SMILES string of the molecule is C=C/C(=C(/CC1CC1)N(C)C)c1ccnc(CCCCC(C)C2CCCCC2)n1. The second kappa shape index (κ2) is 10.9. The van der Waals surface area contributed by atoms with E-state index in [4.69, 9.17) is 4.98 Å². The minimum absolute atomic E-state index is 0.842. The molecule has 2 saturated carbocycles. The van der Waals surface area contributed by atoms with Gasteiger partial charge in [-0.15, -0.1) is 0 Å². The molecule has 160 valence electrons. The maximum atomic E-state index is 4.91. The van der Waals surface area contributed by atoms with E-state index in [-0.39, 0.29) is 0 Å². The van der Waals surface area contributed by atoms with E-state index in [1.165, 1.54) is 75.5 Å². The van der Waals surface area contributed by atoms with Crippen molar-refractivity contribution < 1.29 is 0 Å². The summed E-state index contributed by atoms with van der Waals surface area (Å²) in [4.78, 5) is 11.7. The second-order valence-corrected chi connectivity index (χ2v) is 9.59. The van der Waals surface area contributed by atoms with Gasteiger partial charge in [-0.3, -0.25) is 0 Å². The summed E-state index contributed by atoms with van der Waals surface area (Å²) >= 11 is 0. The third kappa shape index (κ3) is 6.69. The molecule has 0 aliphatic heterocycles. The first-order valence-corrected chi connectivity index (χ1v) is 11.9. The minimum Gasteiger partial charge on any atom is -0.380 e. The van der Waals surface area contributed by atoms with Gasteiger partial charge in [0.1, 0.15) is 5.82 Å². The number of hydrogen-bond donors (Lipinski definition) is 0. The number of unbranched alkanes of at least 4 members (excludes halogenated alkanes) is 1. The summed E-state index contributed by atoms with van der Waals surface area (Å²) < 4.78 is 0. The summed E-state index contributed by atoms with van der Waals surface area (Å²) in [6.45, 7) is 6.56. The molecule has 0 bridgehead atoms. The maximum absolute atomic E-state index is 4.91. The maximum Gasteiger partial charge on any atom is 0.128 e. The Hall–Kier alpha value is -1.64. The molecule has 1 aromatic rings. The van der Waals surface area contributed by atoms with Crippen molar-refractivity contribution in [2.75, 3.05) is 14.1 Å². The van der Waals surface area contributed by atoms with E-state index in [1.54, 1.807) is 0 Å². The van der Waals surface area contributed by atoms with Crippen molar-refractivity contribution in [2.24, 2.45) is 17.8 Å². The zero-order chi connectivity index (χ0) is 20.6. The molecule has 3 nitrogen and oxygen atoms in total. The van der Waals surface area contributed by atoms with Crippen molar-refractivity contribution in [3.63, 3.8) is 0 Å². The van der Waals surface area contributed by atoms with Crippen LogP contribution in [0.25, 0.3) is 5.57 Å². The molecule has 2 aliphatic rings. The van der Waals surface area contributed by atoms with E-state index >= 15 is 0 Å². The standard InChI is InChI=1S/C26H41N3/c1-5-23(25(29(3)4)19-21-15-16-21)24-17-18-27-26(28-24)14-10-9-11-20(2)22-12-7-6-8-13-22/h5,17-18,20-22H,1,6-16,19H2,2-4H3/b25-23+. The van der Waals surface area contributed by atoms with Crippen LogP contribution in [-0.4, -0.2) is 29.0 Å². The molecule has 29 heavy (non-hydrogen) atoms. The quantitative estimate of drug-likeness (QED) is 0.310. The van der Waals surface area contributed by atoms with Gasteiger partial charge in [-0.1, -0.05) is 64.5 Å². The number of aryl methyl sites for hydroxylation is 1. The van der Waals surface area contributed by atoms with Gasteiger partial charge in [0.2, 0.25) is 0 Å². The molecular weight excluding hydrogens is 354 g/mol. The van der Waals surface area contributed by atoms with Gasteiger partial charge in [-0.25, -0.2) is 9.97 Å². The molecule has 0 N–H and O–H groups in total. The van der Waals surface area contributed by atoms with E-state index < -0.39 is 0 Å². The van der Waals surface area contributed by atoms with Gasteiger partial charge >= 0.3 is 0 Å². The normalized spacial score (nSPS) is 19.6. The van der Waals surface area contributed by atoms with E-state index in [1.807, 2.05) is 18.3 Å². The van der Waals surface area contributed by atoms with Crippen molar-refractivity contribution in [2.45, 2.75) is 84.0 Å². The van der Waals surface area contributed by atoms with E-state index in [2.05, 4.69) is 37.5 Å². The highest BCUT2D eigenvalue weighted by Gasteiger charge is 2.25. The Morgan fingerprint density at radius 3 is 2.59 bits per heavy atom. The Labute approximate surface area is 178 Å². The fourth-order valence-electron chi connectivity index (χ4n) is 4.86. The van der Waals surface area contributed by atoms with Crippen LogP contribution in [0.15, 0.2) is 30.6 Å². The molecule has 2 fully saturated rings. The summed E-state index contributed by atoms with van der Waals surface area (Å²) in [6.07, 6.45) is 19.8. The number of rotatable bonds is 11. The largest absolute Gasteiger partial charge is 0.380 e. The first-order chi connectivity index (χ1) is 14.1. The third-order valence-corrected chi connectivity index (χ3v) is 6.98. The van der Waals surface area contributed by atoms with Gasteiger partial charge in [0.05, 0.1) is 5.69 Å². The number of hydrogen-bond acceptors (Lipinski definition) is 3. The number of aromatic nitrogens is 2. The van der Waals surface area contributed by atoms with E-state index in [0.717, 1.165) is 42.1 Å². The first-order valence-electron chi connectivity index (χ1n) is 11.9. The van der Waals surface area contributed by atoms with Gasteiger partial charge in [-0.05, 0) is 49.5 Å². The molecule has 0 saturated heterocycles. The van der Waals surface area contributed by atoms with Crippen LogP contribution in [0.1, 0.15) is 89.1 Å². The minimum atomic E-state index is 0.842. The molecule has 3 heteroatoms. The molecule has 3 rings (SSSR count). The number of nitrogens with zero attached hydrogens (tertiary/aromatic N) is 3. The summed E-state index contributed by atoms with van der Waals surface area (Å²) in [5.74, 6) is 3.67. The topological polar surface area (TPSA) is 29.0 Å². The lowest BCUT2D eigenvalue weighted by Crippen LogP contribution is -2.15.